The number of halogens is 1. The van der Waals surface area contributed by atoms with Gasteiger partial charge in [0.1, 0.15) is 5.82 Å². The van der Waals surface area contributed by atoms with E-state index in [1.807, 2.05) is 29.9 Å². The Kier molecular flexibility index (Phi) is 5.90. The van der Waals surface area contributed by atoms with Gasteiger partial charge < -0.3 is 15.4 Å². The van der Waals surface area contributed by atoms with Gasteiger partial charge in [0, 0.05) is 29.9 Å². The molecule has 158 valence electrons. The van der Waals surface area contributed by atoms with Gasteiger partial charge >= 0.3 is 6.03 Å². The molecule has 8 heteroatoms. The number of urea groups is 1. The minimum Gasteiger partial charge on any atom is -0.383 e. The lowest BCUT2D eigenvalue weighted by molar-refractivity contribution is 0.185. The van der Waals surface area contributed by atoms with E-state index in [0.717, 1.165) is 27.6 Å². The van der Waals surface area contributed by atoms with E-state index < -0.39 is 11.8 Å². The van der Waals surface area contributed by atoms with Crippen molar-refractivity contribution in [2.75, 3.05) is 24.4 Å². The zero-order chi connectivity index (χ0) is 21.8. The van der Waals surface area contributed by atoms with Crippen LogP contribution in [0.25, 0.3) is 22.0 Å². The first-order chi connectivity index (χ1) is 15.0. The summed E-state index contributed by atoms with van der Waals surface area (Å²) in [4.78, 5) is 16.6. The number of fused-ring (bicyclic) bond motifs is 1. The molecule has 4 aromatic rings. The van der Waals surface area contributed by atoms with Crippen LogP contribution in [-0.2, 0) is 11.3 Å². The monoisotopic (exact) mass is 419 g/mol. The molecule has 2 N–H and O–H groups in total. The first-order valence-electron chi connectivity index (χ1n) is 9.78. The van der Waals surface area contributed by atoms with Gasteiger partial charge in [0.15, 0.2) is 0 Å². The third kappa shape index (κ3) is 4.54. The Morgan fingerprint density at radius 2 is 1.90 bits per heavy atom. The summed E-state index contributed by atoms with van der Waals surface area (Å²) in [5.74, 6) is -0.484. The maximum atomic E-state index is 13.8. The maximum Gasteiger partial charge on any atom is 0.323 e. The molecule has 0 aliphatic rings. The summed E-state index contributed by atoms with van der Waals surface area (Å²) in [6.07, 6.45) is 5.39. The minimum atomic E-state index is -0.513. The molecule has 0 unspecified atom stereocenters. The lowest BCUT2D eigenvalue weighted by Crippen LogP contribution is -2.20. The van der Waals surface area contributed by atoms with Crippen LogP contribution in [0.2, 0.25) is 0 Å². The molecular formula is C23H22FN5O2. The van der Waals surface area contributed by atoms with E-state index in [1.54, 1.807) is 43.8 Å². The maximum absolute atomic E-state index is 13.8. The summed E-state index contributed by atoms with van der Waals surface area (Å²) in [5, 5.41) is 10.7. The molecule has 0 bridgehead atoms. The van der Waals surface area contributed by atoms with E-state index in [0.29, 0.717) is 18.8 Å². The van der Waals surface area contributed by atoms with E-state index in [9.17, 15) is 9.18 Å². The molecule has 0 saturated heterocycles. The Bertz CT molecular complexity index is 1220. The number of aryl methyl sites for hydroxylation is 1. The largest absolute Gasteiger partial charge is 0.383 e. The Hall–Kier alpha value is -3.78. The van der Waals surface area contributed by atoms with Gasteiger partial charge in [-0.15, -0.1) is 0 Å². The Morgan fingerprint density at radius 3 is 2.68 bits per heavy atom. The molecule has 0 spiro atoms. The van der Waals surface area contributed by atoms with Crippen molar-refractivity contribution in [2.24, 2.45) is 0 Å². The summed E-state index contributed by atoms with van der Waals surface area (Å²) in [6.45, 7) is 3.04. The highest BCUT2D eigenvalue weighted by molar-refractivity contribution is 6.00. The van der Waals surface area contributed by atoms with E-state index in [1.165, 1.54) is 6.07 Å². The highest BCUT2D eigenvalue weighted by atomic mass is 19.1. The quantitative estimate of drug-likeness (QED) is 0.469. The van der Waals surface area contributed by atoms with Gasteiger partial charge in [-0.05, 0) is 42.3 Å². The predicted octanol–water partition coefficient (Wildman–Crippen LogP) is 4.84. The van der Waals surface area contributed by atoms with Crippen LogP contribution in [0, 0.1) is 12.7 Å². The van der Waals surface area contributed by atoms with Crippen molar-refractivity contribution in [2.45, 2.75) is 13.5 Å². The number of rotatable bonds is 6. The molecule has 0 saturated carbocycles. The normalized spacial score (nSPS) is 10.9. The Morgan fingerprint density at radius 1 is 1.10 bits per heavy atom. The van der Waals surface area contributed by atoms with Gasteiger partial charge in [0.2, 0.25) is 0 Å². The smallest absolute Gasteiger partial charge is 0.323 e. The summed E-state index contributed by atoms with van der Waals surface area (Å²) in [7, 11) is 1.66. The van der Waals surface area contributed by atoms with Crippen LogP contribution >= 0.6 is 0 Å². The number of pyridine rings is 1. The van der Waals surface area contributed by atoms with Crippen LogP contribution in [0.1, 0.15) is 5.56 Å². The van der Waals surface area contributed by atoms with Gasteiger partial charge in [0.05, 0.1) is 36.7 Å². The van der Waals surface area contributed by atoms with Crippen LogP contribution in [-0.4, -0.2) is 34.5 Å². The Balaban J connectivity index is 1.50. The number of aromatic nitrogens is 3. The summed E-state index contributed by atoms with van der Waals surface area (Å²) in [6, 6.07) is 11.4. The lowest BCUT2D eigenvalue weighted by Gasteiger charge is -2.10. The molecule has 0 aliphatic heterocycles. The van der Waals surface area contributed by atoms with Gasteiger partial charge in [-0.2, -0.15) is 5.10 Å². The standard InChI is InChI=1S/C23H22FN5O2/c1-15-3-8-20(24)21(11-15)28-23(30)27-17-6-4-16(5-7-17)18-12-25-14-22-19(18)13-26-29(22)9-10-31-2/h3-8,11-14H,9-10H2,1-2H3,(H2,27,28,30). The zero-order valence-corrected chi connectivity index (χ0v) is 17.2. The highest BCUT2D eigenvalue weighted by Gasteiger charge is 2.11. The highest BCUT2D eigenvalue weighted by Crippen LogP contribution is 2.28. The van der Waals surface area contributed by atoms with Crippen LogP contribution in [0.4, 0.5) is 20.6 Å². The van der Waals surface area contributed by atoms with Crippen LogP contribution in [0.15, 0.2) is 61.1 Å². The van der Waals surface area contributed by atoms with Crippen LogP contribution in [0.3, 0.4) is 0 Å². The third-order valence-corrected chi connectivity index (χ3v) is 4.90. The SMILES string of the molecule is COCCn1ncc2c(-c3ccc(NC(=O)Nc4cc(C)ccc4F)cc3)cncc21. The van der Waals surface area contributed by atoms with Gasteiger partial charge in [-0.25, -0.2) is 9.18 Å². The fraction of sp³-hybridized carbons (Fsp3) is 0.174. The zero-order valence-electron chi connectivity index (χ0n) is 17.2. The number of ether oxygens (including phenoxy) is 1. The Labute approximate surface area is 178 Å². The number of hydrogen-bond acceptors (Lipinski definition) is 4. The molecule has 0 radical (unpaired) electrons. The molecule has 2 aromatic carbocycles. The fourth-order valence-corrected chi connectivity index (χ4v) is 3.33. The van der Waals surface area contributed by atoms with Gasteiger partial charge in [-0.1, -0.05) is 18.2 Å². The molecule has 2 heterocycles. The van der Waals surface area contributed by atoms with Crippen molar-refractivity contribution >= 4 is 28.3 Å². The van der Waals surface area contributed by atoms with E-state index in [-0.39, 0.29) is 5.69 Å². The molecule has 2 amide bonds. The predicted molar refractivity (Wildman–Crippen MR) is 119 cm³/mol. The molecule has 4 rings (SSSR count). The topological polar surface area (TPSA) is 81.1 Å². The number of benzene rings is 2. The van der Waals surface area contributed by atoms with E-state index in [4.69, 9.17) is 4.74 Å². The molecule has 0 fully saturated rings. The first-order valence-corrected chi connectivity index (χ1v) is 9.78. The number of anilines is 2. The van der Waals surface area contributed by atoms with Crippen molar-refractivity contribution in [3.05, 3.63) is 72.4 Å². The number of amides is 2. The summed E-state index contributed by atoms with van der Waals surface area (Å²) in [5.41, 5.74) is 4.40. The number of methoxy groups -OCH3 is 1. The molecule has 31 heavy (non-hydrogen) atoms. The summed E-state index contributed by atoms with van der Waals surface area (Å²) < 4.78 is 20.8. The van der Waals surface area contributed by atoms with Gasteiger partial charge in [0.25, 0.3) is 0 Å². The van der Waals surface area contributed by atoms with Crippen molar-refractivity contribution in [1.82, 2.24) is 14.8 Å². The van der Waals surface area contributed by atoms with Gasteiger partial charge in [-0.3, -0.25) is 9.67 Å². The second-order valence-electron chi connectivity index (χ2n) is 7.12. The average Bonchev–Trinajstić information content (AvgIpc) is 3.18. The van der Waals surface area contributed by atoms with Crippen molar-refractivity contribution < 1.29 is 13.9 Å². The van der Waals surface area contributed by atoms with Crippen molar-refractivity contribution in [3.63, 3.8) is 0 Å². The molecule has 2 aromatic heterocycles. The lowest BCUT2D eigenvalue weighted by atomic mass is 10.0. The van der Waals surface area contributed by atoms with Crippen LogP contribution < -0.4 is 10.6 Å². The number of nitrogens with one attached hydrogen (secondary N) is 2. The third-order valence-electron chi connectivity index (χ3n) is 4.90. The average molecular weight is 419 g/mol. The molecular weight excluding hydrogens is 397 g/mol. The molecule has 0 atom stereocenters. The van der Waals surface area contributed by atoms with Crippen LogP contribution in [0.5, 0.6) is 0 Å². The second-order valence-corrected chi connectivity index (χ2v) is 7.12. The fourth-order valence-electron chi connectivity index (χ4n) is 3.33. The molecule has 0 aliphatic carbocycles. The number of hydrogen-bond donors (Lipinski definition) is 2. The van der Waals surface area contributed by atoms with Crippen molar-refractivity contribution in [1.29, 1.82) is 0 Å². The number of carbonyl (C=O) groups excluding carboxylic acids is 1. The van der Waals surface area contributed by atoms with Crippen molar-refractivity contribution in [3.8, 4) is 11.1 Å². The summed E-state index contributed by atoms with van der Waals surface area (Å²) >= 11 is 0. The minimum absolute atomic E-state index is 0.136. The first kappa shape index (κ1) is 20.5. The number of nitrogens with zero attached hydrogens (tertiary/aromatic N) is 3. The van der Waals surface area contributed by atoms with E-state index in [2.05, 4.69) is 20.7 Å². The van der Waals surface area contributed by atoms with E-state index >= 15 is 0 Å². The second kappa shape index (κ2) is 8.93. The molecule has 7 nitrogen and oxygen atoms in total. The number of carbonyl (C=O) groups is 1.